The van der Waals surface area contributed by atoms with Crippen molar-refractivity contribution in [3.8, 4) is 29.0 Å². The number of imidazole rings is 1. The van der Waals surface area contributed by atoms with Crippen molar-refractivity contribution in [2.24, 2.45) is 0 Å². The summed E-state index contributed by atoms with van der Waals surface area (Å²) in [7, 11) is 0. The van der Waals surface area contributed by atoms with E-state index in [1.54, 1.807) is 41.5 Å². The van der Waals surface area contributed by atoms with E-state index in [1.807, 2.05) is 12.1 Å². The van der Waals surface area contributed by atoms with Crippen molar-refractivity contribution in [1.29, 1.82) is 10.5 Å². The molecule has 3 rings (SSSR count). The Labute approximate surface area is 141 Å². The summed E-state index contributed by atoms with van der Waals surface area (Å²) >= 11 is 6.34. The number of hydrogen-bond acceptors (Lipinski definition) is 5. The van der Waals surface area contributed by atoms with Crippen molar-refractivity contribution >= 4 is 17.4 Å². The van der Waals surface area contributed by atoms with Crippen molar-refractivity contribution in [2.45, 2.75) is 0 Å². The first kappa shape index (κ1) is 15.3. The zero-order valence-corrected chi connectivity index (χ0v) is 12.9. The Morgan fingerprint density at radius 1 is 1.25 bits per heavy atom. The SMILES string of the molecule is N#Cc1c(N)[nH]c(=O)c(C#N)c1-c1ccc(-n2ccnc2)cc1Cl. The summed E-state index contributed by atoms with van der Waals surface area (Å²) in [5.74, 6) is -0.105. The number of nitrogen functional groups attached to an aromatic ring is 1. The quantitative estimate of drug-likeness (QED) is 0.742. The third-order valence-corrected chi connectivity index (χ3v) is 3.81. The van der Waals surface area contributed by atoms with Crippen LogP contribution in [0.2, 0.25) is 5.02 Å². The number of benzene rings is 1. The second-order valence-corrected chi connectivity index (χ2v) is 5.26. The minimum Gasteiger partial charge on any atom is -0.384 e. The summed E-state index contributed by atoms with van der Waals surface area (Å²) in [4.78, 5) is 18.2. The Morgan fingerprint density at radius 3 is 2.58 bits per heavy atom. The molecule has 0 aliphatic carbocycles. The second-order valence-electron chi connectivity index (χ2n) is 4.85. The van der Waals surface area contributed by atoms with Crippen LogP contribution in [-0.4, -0.2) is 14.5 Å². The average molecular weight is 337 g/mol. The topological polar surface area (TPSA) is 124 Å². The number of halogens is 1. The van der Waals surface area contributed by atoms with Crippen LogP contribution in [0.4, 0.5) is 5.82 Å². The van der Waals surface area contributed by atoms with Crippen molar-refractivity contribution in [2.75, 3.05) is 5.73 Å². The molecule has 116 valence electrons. The van der Waals surface area contributed by atoms with Crippen LogP contribution in [0, 0.1) is 22.7 Å². The standard InChI is InChI=1S/C16H9ClN6O/c17-13-5-9(23-4-3-21-8-23)1-2-10(13)14-11(6-18)15(20)22-16(24)12(14)7-19/h1-5,8H,(H3,20,22,24). The highest BCUT2D eigenvalue weighted by Gasteiger charge is 2.20. The fraction of sp³-hybridized carbons (Fsp3) is 0. The van der Waals surface area contributed by atoms with E-state index in [9.17, 15) is 15.3 Å². The fourth-order valence-electron chi connectivity index (χ4n) is 2.39. The van der Waals surface area contributed by atoms with E-state index in [1.165, 1.54) is 0 Å². The Hall–Kier alpha value is -3.55. The van der Waals surface area contributed by atoms with Gasteiger partial charge in [0, 0.05) is 29.2 Å². The van der Waals surface area contributed by atoms with Gasteiger partial charge >= 0.3 is 0 Å². The van der Waals surface area contributed by atoms with E-state index in [0.717, 1.165) is 5.69 Å². The van der Waals surface area contributed by atoms with E-state index in [4.69, 9.17) is 17.3 Å². The number of aromatic nitrogens is 3. The van der Waals surface area contributed by atoms with Gasteiger partial charge in [-0.3, -0.25) is 4.79 Å². The Bertz CT molecular complexity index is 1070. The highest BCUT2D eigenvalue weighted by molar-refractivity contribution is 6.33. The molecule has 0 aliphatic rings. The highest BCUT2D eigenvalue weighted by atomic mass is 35.5. The van der Waals surface area contributed by atoms with E-state index < -0.39 is 5.56 Å². The highest BCUT2D eigenvalue weighted by Crippen LogP contribution is 2.34. The van der Waals surface area contributed by atoms with E-state index in [2.05, 4.69) is 9.97 Å². The zero-order chi connectivity index (χ0) is 17.3. The summed E-state index contributed by atoms with van der Waals surface area (Å²) in [6, 6.07) is 8.75. The molecule has 7 nitrogen and oxygen atoms in total. The van der Waals surface area contributed by atoms with Gasteiger partial charge in [-0.25, -0.2) is 4.98 Å². The molecule has 0 radical (unpaired) electrons. The second kappa shape index (κ2) is 5.92. The molecule has 1 aromatic carbocycles. The molecule has 3 aromatic rings. The monoisotopic (exact) mass is 336 g/mol. The maximum Gasteiger partial charge on any atom is 0.268 e. The first-order valence-electron chi connectivity index (χ1n) is 6.71. The Morgan fingerprint density at radius 2 is 2.00 bits per heavy atom. The number of anilines is 1. The van der Waals surface area contributed by atoms with Gasteiger partial charge in [-0.2, -0.15) is 10.5 Å². The summed E-state index contributed by atoms with van der Waals surface area (Å²) in [5.41, 5.74) is 6.09. The number of nitrogens with zero attached hydrogens (tertiary/aromatic N) is 4. The van der Waals surface area contributed by atoms with Crippen molar-refractivity contribution in [3.63, 3.8) is 0 Å². The molecule has 24 heavy (non-hydrogen) atoms. The smallest absolute Gasteiger partial charge is 0.268 e. The van der Waals surface area contributed by atoms with Gasteiger partial charge in [0.1, 0.15) is 29.1 Å². The van der Waals surface area contributed by atoms with Crippen LogP contribution >= 0.6 is 11.6 Å². The molecule has 2 heterocycles. The molecule has 3 N–H and O–H groups in total. The summed E-state index contributed by atoms with van der Waals surface area (Å²) in [6.45, 7) is 0. The first-order chi connectivity index (χ1) is 11.6. The fourth-order valence-corrected chi connectivity index (χ4v) is 2.66. The van der Waals surface area contributed by atoms with Crippen LogP contribution in [0.25, 0.3) is 16.8 Å². The molecule has 0 aliphatic heterocycles. The predicted molar refractivity (Wildman–Crippen MR) is 88.5 cm³/mol. The van der Waals surface area contributed by atoms with Crippen LogP contribution < -0.4 is 11.3 Å². The van der Waals surface area contributed by atoms with Crippen LogP contribution in [0.1, 0.15) is 11.1 Å². The van der Waals surface area contributed by atoms with Crippen LogP contribution in [0.15, 0.2) is 41.7 Å². The predicted octanol–water partition coefficient (Wildman–Crippen LogP) is 2.21. The number of rotatable bonds is 2. The van der Waals surface area contributed by atoms with Crippen molar-refractivity contribution < 1.29 is 0 Å². The number of pyridine rings is 1. The van der Waals surface area contributed by atoms with Crippen LogP contribution in [-0.2, 0) is 0 Å². The van der Waals surface area contributed by atoms with E-state index in [-0.39, 0.29) is 27.5 Å². The average Bonchev–Trinajstić information content (AvgIpc) is 3.09. The molecular weight excluding hydrogens is 328 g/mol. The lowest BCUT2D eigenvalue weighted by Crippen LogP contribution is -2.16. The number of aromatic amines is 1. The van der Waals surface area contributed by atoms with Crippen molar-refractivity contribution in [3.05, 3.63) is 63.4 Å². The number of H-pyrrole nitrogens is 1. The third kappa shape index (κ3) is 2.39. The first-order valence-corrected chi connectivity index (χ1v) is 7.08. The molecule has 0 unspecified atom stereocenters. The molecule has 0 saturated carbocycles. The molecule has 0 fully saturated rings. The lowest BCUT2D eigenvalue weighted by molar-refractivity contribution is 1.06. The molecule has 0 saturated heterocycles. The largest absolute Gasteiger partial charge is 0.384 e. The van der Waals surface area contributed by atoms with Crippen LogP contribution in [0.3, 0.4) is 0 Å². The van der Waals surface area contributed by atoms with Gasteiger partial charge in [0.2, 0.25) is 0 Å². The lowest BCUT2D eigenvalue weighted by Gasteiger charge is -2.12. The molecule has 0 bridgehead atoms. The van der Waals surface area contributed by atoms with Gasteiger partial charge in [-0.1, -0.05) is 17.7 Å². The molecule has 0 spiro atoms. The maximum absolute atomic E-state index is 12.0. The number of nitrogens with two attached hydrogens (primary N) is 1. The van der Waals surface area contributed by atoms with Crippen LogP contribution in [0.5, 0.6) is 0 Å². The third-order valence-electron chi connectivity index (χ3n) is 3.49. The minimum absolute atomic E-state index is 0.00318. The number of hydrogen-bond donors (Lipinski definition) is 2. The van der Waals surface area contributed by atoms with E-state index in [0.29, 0.717) is 5.56 Å². The van der Waals surface area contributed by atoms with Gasteiger partial charge in [0.15, 0.2) is 0 Å². The molecule has 0 amide bonds. The number of nitrogens with one attached hydrogen (secondary N) is 1. The van der Waals surface area contributed by atoms with Gasteiger partial charge in [-0.05, 0) is 12.1 Å². The normalized spacial score (nSPS) is 10.1. The zero-order valence-electron chi connectivity index (χ0n) is 12.1. The number of nitriles is 2. The summed E-state index contributed by atoms with van der Waals surface area (Å²) < 4.78 is 1.75. The molecular formula is C16H9ClN6O. The Kier molecular flexibility index (Phi) is 3.78. The molecule has 8 heteroatoms. The summed E-state index contributed by atoms with van der Waals surface area (Å²) in [6.07, 6.45) is 4.98. The van der Waals surface area contributed by atoms with Gasteiger partial charge < -0.3 is 15.3 Å². The van der Waals surface area contributed by atoms with Gasteiger partial charge in [0.25, 0.3) is 5.56 Å². The van der Waals surface area contributed by atoms with Gasteiger partial charge in [0.05, 0.1) is 11.3 Å². The van der Waals surface area contributed by atoms with Crippen molar-refractivity contribution in [1.82, 2.24) is 14.5 Å². The minimum atomic E-state index is -0.668. The summed E-state index contributed by atoms with van der Waals surface area (Å²) in [5, 5.41) is 18.9. The van der Waals surface area contributed by atoms with Gasteiger partial charge in [-0.15, -0.1) is 0 Å². The molecule has 0 atom stereocenters. The maximum atomic E-state index is 12.0. The van der Waals surface area contributed by atoms with E-state index >= 15 is 0 Å². The molecule has 2 aromatic heterocycles. The lowest BCUT2D eigenvalue weighted by atomic mass is 9.96. The Balaban J connectivity index is 2.30.